The van der Waals surface area contributed by atoms with Gasteiger partial charge in [-0.1, -0.05) is 26.0 Å². The Morgan fingerprint density at radius 3 is 2.48 bits per heavy atom. The predicted molar refractivity (Wildman–Crippen MR) is 126 cm³/mol. The highest BCUT2D eigenvalue weighted by Gasteiger charge is 2.36. The fourth-order valence-electron chi connectivity index (χ4n) is 4.66. The molecule has 2 aliphatic heterocycles. The second-order valence-electron chi connectivity index (χ2n) is 8.67. The monoisotopic (exact) mass is 444 g/mol. The maximum Gasteiger partial charge on any atom is 0.240 e. The summed E-state index contributed by atoms with van der Waals surface area (Å²) in [5.74, 6) is 1.84. The van der Waals surface area contributed by atoms with Crippen molar-refractivity contribution in [3.05, 3.63) is 41.0 Å². The van der Waals surface area contributed by atoms with Crippen molar-refractivity contribution in [1.82, 2.24) is 4.98 Å². The van der Waals surface area contributed by atoms with Crippen molar-refractivity contribution in [3.63, 3.8) is 0 Å². The number of nitrogens with two attached hydrogens (primary N) is 2. The van der Waals surface area contributed by atoms with Gasteiger partial charge in [-0.3, -0.25) is 14.6 Å². The Kier molecular flexibility index (Phi) is 5.02. The molecule has 5 rings (SSSR count). The van der Waals surface area contributed by atoms with Crippen LogP contribution in [0.2, 0.25) is 0 Å². The first-order chi connectivity index (χ1) is 15.9. The summed E-state index contributed by atoms with van der Waals surface area (Å²) in [6.07, 6.45) is 0.117. The predicted octanol–water partition coefficient (Wildman–Crippen LogP) is 2.27. The maximum atomic E-state index is 13.2. The van der Waals surface area contributed by atoms with Crippen LogP contribution < -0.4 is 26.3 Å². The minimum absolute atomic E-state index is 0.117. The van der Waals surface area contributed by atoms with E-state index in [1.807, 2.05) is 29.2 Å². The molecule has 168 valence electrons. The van der Waals surface area contributed by atoms with Gasteiger partial charge >= 0.3 is 0 Å². The van der Waals surface area contributed by atoms with Crippen LogP contribution in [0.3, 0.4) is 0 Å². The van der Waals surface area contributed by atoms with E-state index in [1.165, 1.54) is 5.56 Å². The molecule has 3 aromatic rings. The number of ether oxygens (including phenoxy) is 1. The Balaban J connectivity index is 1.73. The van der Waals surface area contributed by atoms with Crippen LogP contribution in [0.25, 0.3) is 10.8 Å². The number of aromatic amines is 1. The third-order valence-electron chi connectivity index (χ3n) is 6.36. The Labute approximate surface area is 191 Å². The third kappa shape index (κ3) is 3.31. The zero-order valence-corrected chi connectivity index (χ0v) is 18.7. The number of rotatable bonds is 3. The van der Waals surface area contributed by atoms with Crippen molar-refractivity contribution in [2.24, 2.45) is 0 Å². The lowest BCUT2D eigenvalue weighted by atomic mass is 10.0. The average Bonchev–Trinajstić information content (AvgIpc) is 3.14. The summed E-state index contributed by atoms with van der Waals surface area (Å²) < 4.78 is 5.45. The summed E-state index contributed by atoms with van der Waals surface area (Å²) in [6.45, 7) is 6.63. The van der Waals surface area contributed by atoms with Crippen LogP contribution in [-0.4, -0.2) is 37.2 Å². The molecule has 2 aromatic heterocycles. The van der Waals surface area contributed by atoms with E-state index < -0.39 is 0 Å². The zero-order valence-electron chi connectivity index (χ0n) is 18.7. The lowest BCUT2D eigenvalue weighted by Gasteiger charge is -2.25. The highest BCUT2D eigenvalue weighted by molar-refractivity contribution is 6.15. The first-order valence-corrected chi connectivity index (χ1v) is 11.0. The normalized spacial score (nSPS) is 15.9. The molecule has 33 heavy (non-hydrogen) atoms. The van der Waals surface area contributed by atoms with Crippen molar-refractivity contribution in [2.75, 3.05) is 47.6 Å². The molecule has 0 radical (unpaired) electrons. The molecule has 0 saturated carbocycles. The van der Waals surface area contributed by atoms with Gasteiger partial charge in [-0.05, 0) is 23.6 Å². The van der Waals surface area contributed by atoms with Gasteiger partial charge in [-0.25, -0.2) is 9.97 Å². The Hall–Kier alpha value is -3.90. The number of pyridine rings is 2. The fraction of sp³-hybridized carbons (Fsp3) is 0.333. The molecule has 0 atom stereocenters. The lowest BCUT2D eigenvalue weighted by Crippen LogP contribution is -2.40. The molecule has 9 nitrogen and oxygen atoms in total. The molecule has 0 unspecified atom stereocenters. The highest BCUT2D eigenvalue weighted by Crippen LogP contribution is 2.43. The van der Waals surface area contributed by atoms with E-state index in [2.05, 4.69) is 29.9 Å². The van der Waals surface area contributed by atoms with Crippen molar-refractivity contribution in [2.45, 2.75) is 26.2 Å². The number of H-pyrrole nitrogens is 1. The summed E-state index contributed by atoms with van der Waals surface area (Å²) in [6, 6.07) is 10.2. The van der Waals surface area contributed by atoms with E-state index in [1.54, 1.807) is 4.90 Å². The molecule has 1 amide bonds. The number of hydrogen-bond donors (Lipinski definition) is 2. The SMILES string of the molecule is CC(C)c1ccc(N2C(=O)Cc3c2nc(N)c2c(N)[nH+]c(N4CCOCC4)c(C#N)c32)cc1. The highest BCUT2D eigenvalue weighted by atomic mass is 16.5. The molecule has 0 aliphatic carbocycles. The van der Waals surface area contributed by atoms with Crippen LogP contribution in [0.5, 0.6) is 0 Å². The molecule has 5 N–H and O–H groups in total. The van der Waals surface area contributed by atoms with E-state index in [-0.39, 0.29) is 18.1 Å². The zero-order chi connectivity index (χ0) is 23.3. The average molecular weight is 445 g/mol. The van der Waals surface area contributed by atoms with Gasteiger partial charge in [0.25, 0.3) is 0 Å². The number of morpholine rings is 1. The van der Waals surface area contributed by atoms with E-state index in [4.69, 9.17) is 16.2 Å². The second-order valence-corrected chi connectivity index (χ2v) is 8.67. The summed E-state index contributed by atoms with van der Waals surface area (Å²) >= 11 is 0. The minimum atomic E-state index is -0.120. The van der Waals surface area contributed by atoms with Gasteiger partial charge in [0.15, 0.2) is 0 Å². The quantitative estimate of drug-likeness (QED) is 0.632. The van der Waals surface area contributed by atoms with Crippen molar-refractivity contribution in [1.29, 1.82) is 5.26 Å². The van der Waals surface area contributed by atoms with Gasteiger partial charge in [0.1, 0.15) is 23.3 Å². The van der Waals surface area contributed by atoms with Gasteiger partial charge in [0, 0.05) is 10.9 Å². The molecule has 1 saturated heterocycles. The number of nitrogens with one attached hydrogen (secondary N) is 1. The van der Waals surface area contributed by atoms with Crippen molar-refractivity contribution < 1.29 is 14.5 Å². The number of carbonyl (C=O) groups is 1. The van der Waals surface area contributed by atoms with Gasteiger partial charge in [0.05, 0.1) is 43.8 Å². The van der Waals surface area contributed by atoms with Gasteiger partial charge < -0.3 is 16.2 Å². The molecule has 4 heterocycles. The number of fused-ring (bicyclic) bond motifs is 3. The topological polar surface area (TPSA) is 136 Å². The van der Waals surface area contributed by atoms with E-state index in [9.17, 15) is 10.1 Å². The molecule has 9 heteroatoms. The smallest absolute Gasteiger partial charge is 0.240 e. The summed E-state index contributed by atoms with van der Waals surface area (Å²) in [5.41, 5.74) is 15.7. The number of nitrogen functional groups attached to an aromatic ring is 2. The standard InChI is InChI=1S/C24H25N7O2/c1-13(2)14-3-5-15(6-4-14)31-18(32)11-16-19-17(12-25)23(30-7-9-33-10-8-30)28-21(26)20(19)22(27)29-24(16)31/h3-6,13H,7-11H2,1-2H3,(H2,26,28)(H2,27,29)/p+1. The molecule has 0 bridgehead atoms. The third-order valence-corrected chi connectivity index (χ3v) is 6.36. The fourth-order valence-corrected chi connectivity index (χ4v) is 4.66. The van der Waals surface area contributed by atoms with Crippen molar-refractivity contribution >= 4 is 45.6 Å². The molecule has 1 aromatic carbocycles. The maximum absolute atomic E-state index is 13.2. The summed E-state index contributed by atoms with van der Waals surface area (Å²) in [5, 5.41) is 11.2. The number of nitrogens with zero attached hydrogens (tertiary/aromatic N) is 4. The molecular weight excluding hydrogens is 418 g/mol. The second kappa shape index (κ2) is 7.90. The Morgan fingerprint density at radius 2 is 1.85 bits per heavy atom. The van der Waals surface area contributed by atoms with E-state index >= 15 is 0 Å². The van der Waals surface area contributed by atoms with Crippen LogP contribution in [-0.2, 0) is 16.0 Å². The van der Waals surface area contributed by atoms with E-state index in [0.717, 1.165) is 5.69 Å². The Morgan fingerprint density at radius 1 is 1.15 bits per heavy atom. The summed E-state index contributed by atoms with van der Waals surface area (Å²) in [7, 11) is 0. The Bertz CT molecular complexity index is 1310. The number of hydrogen-bond acceptors (Lipinski definition) is 7. The molecular formula is C24H26N7O2+. The molecule has 1 fully saturated rings. The van der Waals surface area contributed by atoms with E-state index in [0.29, 0.717) is 71.6 Å². The number of nitriles is 1. The van der Waals surface area contributed by atoms with Gasteiger partial charge in [-0.2, -0.15) is 5.26 Å². The minimum Gasteiger partial charge on any atom is -0.383 e. The lowest BCUT2D eigenvalue weighted by molar-refractivity contribution is -0.345. The van der Waals surface area contributed by atoms with Gasteiger partial charge in [-0.15, -0.1) is 0 Å². The molecule has 0 spiro atoms. The van der Waals surface area contributed by atoms with Crippen LogP contribution in [0.15, 0.2) is 24.3 Å². The number of aromatic nitrogens is 2. The van der Waals surface area contributed by atoms with Gasteiger partial charge in [0.2, 0.25) is 17.5 Å². The largest absolute Gasteiger partial charge is 0.383 e. The van der Waals surface area contributed by atoms with Crippen LogP contribution in [0, 0.1) is 11.3 Å². The van der Waals surface area contributed by atoms with Crippen LogP contribution in [0.1, 0.15) is 36.5 Å². The number of carbonyl (C=O) groups excluding carboxylic acids is 1. The number of amides is 1. The van der Waals surface area contributed by atoms with Crippen LogP contribution >= 0.6 is 0 Å². The van der Waals surface area contributed by atoms with Crippen LogP contribution in [0.4, 0.5) is 29.0 Å². The summed E-state index contributed by atoms with van der Waals surface area (Å²) in [4.78, 5) is 24.5. The number of anilines is 5. The first-order valence-electron chi connectivity index (χ1n) is 11.0. The van der Waals surface area contributed by atoms with Crippen molar-refractivity contribution in [3.8, 4) is 6.07 Å². The first kappa shape index (κ1) is 21.0. The molecule has 2 aliphatic rings. The number of benzene rings is 1.